The molecular formula is C26H31N5O3. The number of nitrogens with zero attached hydrogens (tertiary/aromatic N) is 4. The van der Waals surface area contributed by atoms with Crippen LogP contribution in [0.15, 0.2) is 48.7 Å². The number of hydrogen-bond acceptors (Lipinski definition) is 6. The van der Waals surface area contributed by atoms with E-state index in [1.165, 1.54) is 0 Å². The monoisotopic (exact) mass is 461 g/mol. The Kier molecular flexibility index (Phi) is 6.17. The first kappa shape index (κ1) is 23.5. The number of fused-ring (bicyclic) bond motifs is 2. The molecular weight excluding hydrogens is 430 g/mol. The number of nitrogens with one attached hydrogen (secondary N) is 1. The van der Waals surface area contributed by atoms with Crippen molar-refractivity contribution in [1.29, 1.82) is 0 Å². The molecule has 0 unspecified atom stereocenters. The van der Waals surface area contributed by atoms with Crippen LogP contribution in [0.5, 0.6) is 5.75 Å². The molecule has 8 heteroatoms. The van der Waals surface area contributed by atoms with Gasteiger partial charge in [-0.25, -0.2) is 9.78 Å². The highest BCUT2D eigenvalue weighted by Gasteiger charge is 2.23. The van der Waals surface area contributed by atoms with Crippen LogP contribution in [0.4, 0.5) is 4.79 Å². The summed E-state index contributed by atoms with van der Waals surface area (Å²) in [7, 11) is 0. The van der Waals surface area contributed by atoms with E-state index in [0.717, 1.165) is 22.1 Å². The van der Waals surface area contributed by atoms with Gasteiger partial charge in [-0.1, -0.05) is 32.0 Å². The van der Waals surface area contributed by atoms with E-state index in [4.69, 9.17) is 14.5 Å². The number of ether oxygens (including phenoxy) is 2. The molecule has 0 saturated heterocycles. The quantitative estimate of drug-likeness (QED) is 0.425. The Labute approximate surface area is 199 Å². The van der Waals surface area contributed by atoms with Crippen LogP contribution in [0, 0.1) is 12.3 Å². The Balaban J connectivity index is 1.53. The first-order chi connectivity index (χ1) is 16.0. The van der Waals surface area contributed by atoms with E-state index in [9.17, 15) is 4.79 Å². The van der Waals surface area contributed by atoms with E-state index < -0.39 is 11.7 Å². The fourth-order valence-electron chi connectivity index (χ4n) is 3.48. The van der Waals surface area contributed by atoms with Gasteiger partial charge in [0.1, 0.15) is 22.6 Å². The Morgan fingerprint density at radius 3 is 2.62 bits per heavy atom. The van der Waals surface area contributed by atoms with Crippen molar-refractivity contribution in [2.75, 3.05) is 13.2 Å². The highest BCUT2D eigenvalue weighted by molar-refractivity contribution is 5.86. The molecule has 178 valence electrons. The van der Waals surface area contributed by atoms with E-state index in [-0.39, 0.29) is 5.41 Å². The van der Waals surface area contributed by atoms with Crippen LogP contribution >= 0.6 is 0 Å². The summed E-state index contributed by atoms with van der Waals surface area (Å²) >= 11 is 0. The van der Waals surface area contributed by atoms with Gasteiger partial charge >= 0.3 is 6.09 Å². The third kappa shape index (κ3) is 5.44. The van der Waals surface area contributed by atoms with Crippen LogP contribution in [0.1, 0.15) is 40.2 Å². The second-order valence-corrected chi connectivity index (χ2v) is 10.3. The van der Waals surface area contributed by atoms with Crippen molar-refractivity contribution in [1.82, 2.24) is 24.9 Å². The predicted octanol–water partition coefficient (Wildman–Crippen LogP) is 5.18. The maximum absolute atomic E-state index is 12.0. The van der Waals surface area contributed by atoms with Gasteiger partial charge in [0.2, 0.25) is 0 Å². The van der Waals surface area contributed by atoms with Crippen LogP contribution in [0.2, 0.25) is 0 Å². The minimum Gasteiger partial charge on any atom is -0.491 e. The molecule has 0 aliphatic rings. The summed E-state index contributed by atoms with van der Waals surface area (Å²) in [6, 6.07) is 13.8. The second-order valence-electron chi connectivity index (χ2n) is 10.3. The second kappa shape index (κ2) is 8.93. The minimum atomic E-state index is -0.536. The van der Waals surface area contributed by atoms with Crippen molar-refractivity contribution in [3.05, 3.63) is 54.2 Å². The van der Waals surface area contributed by atoms with Crippen LogP contribution < -0.4 is 10.1 Å². The number of para-hydroxylation sites is 1. The van der Waals surface area contributed by atoms with Crippen LogP contribution in [0.25, 0.3) is 28.1 Å². The van der Waals surface area contributed by atoms with E-state index >= 15 is 0 Å². The minimum absolute atomic E-state index is 0.322. The lowest BCUT2D eigenvalue weighted by Crippen LogP contribution is -2.40. The Bertz CT molecular complexity index is 1340. The number of alkyl carbamates (subject to hydrolysis) is 1. The molecule has 0 aliphatic heterocycles. The molecule has 0 spiro atoms. The van der Waals surface area contributed by atoms with E-state index in [1.807, 2.05) is 94.6 Å². The fourth-order valence-corrected chi connectivity index (χ4v) is 3.48. The number of pyridine rings is 2. The molecule has 0 atom stereocenters. The van der Waals surface area contributed by atoms with Crippen molar-refractivity contribution in [3.8, 4) is 17.3 Å². The fraction of sp³-hybridized carbons (Fsp3) is 0.385. The first-order valence-corrected chi connectivity index (χ1v) is 11.3. The molecule has 8 nitrogen and oxygen atoms in total. The Morgan fingerprint density at radius 1 is 1.06 bits per heavy atom. The summed E-state index contributed by atoms with van der Waals surface area (Å²) in [5, 5.41) is 12.4. The van der Waals surface area contributed by atoms with E-state index in [1.54, 1.807) is 0 Å². The van der Waals surface area contributed by atoms with Crippen molar-refractivity contribution in [2.24, 2.45) is 5.41 Å². The molecule has 4 aromatic rings. The average molecular weight is 462 g/mol. The summed E-state index contributed by atoms with van der Waals surface area (Å²) < 4.78 is 13.4. The van der Waals surface area contributed by atoms with Gasteiger partial charge in [0.15, 0.2) is 11.5 Å². The molecule has 0 aliphatic carbocycles. The highest BCUT2D eigenvalue weighted by Crippen LogP contribution is 2.28. The first-order valence-electron chi connectivity index (χ1n) is 11.3. The zero-order valence-corrected chi connectivity index (χ0v) is 20.5. The van der Waals surface area contributed by atoms with Gasteiger partial charge < -0.3 is 14.8 Å². The largest absolute Gasteiger partial charge is 0.491 e. The van der Waals surface area contributed by atoms with Crippen LogP contribution in [-0.2, 0) is 4.74 Å². The van der Waals surface area contributed by atoms with Crippen molar-refractivity contribution < 1.29 is 14.3 Å². The third-order valence-electron chi connectivity index (χ3n) is 5.21. The molecule has 1 N–H and O–H groups in total. The molecule has 3 heterocycles. The van der Waals surface area contributed by atoms with E-state index in [2.05, 4.69) is 15.5 Å². The maximum Gasteiger partial charge on any atom is 0.407 e. The normalized spacial score (nSPS) is 12.2. The lowest BCUT2D eigenvalue weighted by molar-refractivity contribution is 0.0493. The van der Waals surface area contributed by atoms with Gasteiger partial charge in [-0.2, -0.15) is 0 Å². The molecule has 1 aromatic carbocycles. The number of amides is 1. The summed E-state index contributed by atoms with van der Waals surface area (Å²) in [5.41, 5.74) is 2.51. The van der Waals surface area contributed by atoms with Gasteiger partial charge in [-0.15, -0.1) is 10.2 Å². The Hall–Kier alpha value is -3.68. The standard InChI is InChI=1S/C26H31N5O3/c1-17-12-13-31-21(14-17)29-30-23(31)19-11-10-18-8-7-9-20(22(18)28-19)33-16-26(5,6)15-27-24(32)34-25(2,3)4/h7-14H,15-16H2,1-6H3,(H,27,32). The third-order valence-corrected chi connectivity index (χ3v) is 5.21. The molecule has 0 radical (unpaired) electrons. The van der Waals surface area contributed by atoms with Gasteiger partial charge in [0.25, 0.3) is 0 Å². The van der Waals surface area contributed by atoms with Crippen LogP contribution in [0.3, 0.4) is 0 Å². The lowest BCUT2D eigenvalue weighted by Gasteiger charge is -2.26. The van der Waals surface area contributed by atoms with E-state index in [0.29, 0.717) is 30.4 Å². The number of carbonyl (C=O) groups is 1. The lowest BCUT2D eigenvalue weighted by atomic mass is 9.95. The summed E-state index contributed by atoms with van der Waals surface area (Å²) in [5.74, 6) is 1.35. The number of rotatable bonds is 6. The highest BCUT2D eigenvalue weighted by atomic mass is 16.6. The molecule has 34 heavy (non-hydrogen) atoms. The topological polar surface area (TPSA) is 90.6 Å². The van der Waals surface area contributed by atoms with Gasteiger partial charge in [-0.05, 0) is 57.5 Å². The van der Waals surface area contributed by atoms with Crippen molar-refractivity contribution in [3.63, 3.8) is 0 Å². The molecule has 0 fully saturated rings. The number of hydrogen-bond donors (Lipinski definition) is 1. The van der Waals surface area contributed by atoms with Crippen LogP contribution in [-0.4, -0.2) is 44.4 Å². The SMILES string of the molecule is Cc1ccn2c(-c3ccc4cccc(OCC(C)(C)CNC(=O)OC(C)(C)C)c4n3)nnc2c1. The summed E-state index contributed by atoms with van der Waals surface area (Å²) in [6.07, 6.45) is 1.52. The molecule has 4 rings (SSSR count). The van der Waals surface area contributed by atoms with Crippen molar-refractivity contribution in [2.45, 2.75) is 47.1 Å². The molecule has 3 aromatic heterocycles. The molecule has 1 amide bonds. The zero-order chi connectivity index (χ0) is 24.5. The number of aromatic nitrogens is 4. The summed E-state index contributed by atoms with van der Waals surface area (Å²) in [6.45, 7) is 12.4. The molecule has 0 bridgehead atoms. The maximum atomic E-state index is 12.0. The smallest absolute Gasteiger partial charge is 0.407 e. The zero-order valence-electron chi connectivity index (χ0n) is 20.5. The molecule has 0 saturated carbocycles. The summed E-state index contributed by atoms with van der Waals surface area (Å²) in [4.78, 5) is 16.9. The predicted molar refractivity (Wildman–Crippen MR) is 132 cm³/mol. The Morgan fingerprint density at radius 2 is 1.85 bits per heavy atom. The van der Waals surface area contributed by atoms with Gasteiger partial charge in [0, 0.05) is 23.5 Å². The number of aryl methyl sites for hydroxylation is 1. The average Bonchev–Trinajstić information content (AvgIpc) is 3.18. The number of carbonyl (C=O) groups excluding carboxylic acids is 1. The number of benzene rings is 1. The van der Waals surface area contributed by atoms with Crippen molar-refractivity contribution >= 4 is 22.6 Å². The van der Waals surface area contributed by atoms with Gasteiger partial charge in [0.05, 0.1) is 6.61 Å². The van der Waals surface area contributed by atoms with Gasteiger partial charge in [-0.3, -0.25) is 4.40 Å².